The number of benzene rings is 1. The summed E-state index contributed by atoms with van der Waals surface area (Å²) in [6, 6.07) is 3.15. The van der Waals surface area contributed by atoms with Crippen LogP contribution in [0.3, 0.4) is 0 Å². The van der Waals surface area contributed by atoms with Crippen molar-refractivity contribution >= 4 is 21.8 Å². The van der Waals surface area contributed by atoms with Crippen LogP contribution in [0.1, 0.15) is 40.7 Å². The van der Waals surface area contributed by atoms with Crippen molar-refractivity contribution in [2.24, 2.45) is 11.7 Å². The Morgan fingerprint density at radius 3 is 2.59 bits per heavy atom. The summed E-state index contributed by atoms with van der Waals surface area (Å²) < 4.78 is 26.2. The van der Waals surface area contributed by atoms with E-state index in [4.69, 9.17) is 5.73 Å². The molecule has 1 heterocycles. The predicted molar refractivity (Wildman–Crippen MR) is 112 cm³/mol. The second-order valence-electron chi connectivity index (χ2n) is 7.86. The van der Waals surface area contributed by atoms with E-state index in [9.17, 15) is 18.0 Å². The van der Waals surface area contributed by atoms with Crippen molar-refractivity contribution in [3.8, 4) is 0 Å². The minimum absolute atomic E-state index is 0.0917. The van der Waals surface area contributed by atoms with Crippen LogP contribution in [0, 0.1) is 19.8 Å². The van der Waals surface area contributed by atoms with Crippen LogP contribution in [0.25, 0.3) is 0 Å². The summed E-state index contributed by atoms with van der Waals surface area (Å²) in [6.07, 6.45) is 2.53. The van der Waals surface area contributed by atoms with Gasteiger partial charge in [-0.2, -0.15) is 0 Å². The molecule has 1 saturated heterocycles. The topological polar surface area (TPSA) is 113 Å². The standard InChI is InChI=1S/C20H32N4O4S/c1-14-11-17(12-18(15(14)2)29(27,28)23(3)4)20(26)22-8-6-10-24-9-5-7-16(13-24)19(21)25/h11-12,16H,5-10,13H2,1-4H3,(H2,21,25)(H,22,26). The van der Waals surface area contributed by atoms with Crippen molar-refractivity contribution < 1.29 is 18.0 Å². The molecule has 9 heteroatoms. The molecule has 3 N–H and O–H groups in total. The highest BCUT2D eigenvalue weighted by molar-refractivity contribution is 7.89. The summed E-state index contributed by atoms with van der Waals surface area (Å²) in [4.78, 5) is 26.3. The summed E-state index contributed by atoms with van der Waals surface area (Å²) in [5.41, 5.74) is 7.13. The smallest absolute Gasteiger partial charge is 0.251 e. The van der Waals surface area contributed by atoms with E-state index < -0.39 is 10.0 Å². The number of primary amides is 1. The van der Waals surface area contributed by atoms with Crippen LogP contribution in [-0.4, -0.2) is 69.7 Å². The molecule has 1 aliphatic heterocycles. The molecule has 0 aromatic heterocycles. The van der Waals surface area contributed by atoms with Crippen molar-refractivity contribution in [3.05, 3.63) is 28.8 Å². The van der Waals surface area contributed by atoms with Crippen LogP contribution in [0.5, 0.6) is 0 Å². The van der Waals surface area contributed by atoms with Gasteiger partial charge in [0.25, 0.3) is 5.91 Å². The SMILES string of the molecule is Cc1cc(C(=O)NCCCN2CCCC(C(N)=O)C2)cc(S(=O)(=O)N(C)C)c1C. The molecule has 2 amide bonds. The van der Waals surface area contributed by atoms with E-state index in [1.54, 1.807) is 19.9 Å². The first-order valence-electron chi connectivity index (χ1n) is 9.87. The van der Waals surface area contributed by atoms with Gasteiger partial charge in [0, 0.05) is 32.7 Å². The highest BCUT2D eigenvalue weighted by Crippen LogP contribution is 2.23. The van der Waals surface area contributed by atoms with Gasteiger partial charge in [-0.05, 0) is 69.5 Å². The van der Waals surface area contributed by atoms with Gasteiger partial charge in [-0.1, -0.05) is 0 Å². The molecule has 0 spiro atoms. The molecular formula is C20H32N4O4S. The quantitative estimate of drug-likeness (QED) is 0.601. The van der Waals surface area contributed by atoms with Gasteiger partial charge in [-0.15, -0.1) is 0 Å². The number of hydrogen-bond acceptors (Lipinski definition) is 5. The maximum absolute atomic E-state index is 12.6. The lowest BCUT2D eigenvalue weighted by atomic mass is 9.97. The summed E-state index contributed by atoms with van der Waals surface area (Å²) in [5, 5.41) is 2.86. The number of carbonyl (C=O) groups excluding carboxylic acids is 2. The van der Waals surface area contributed by atoms with E-state index in [-0.39, 0.29) is 22.6 Å². The van der Waals surface area contributed by atoms with Gasteiger partial charge in [-0.3, -0.25) is 9.59 Å². The Morgan fingerprint density at radius 2 is 1.97 bits per heavy atom. The first-order valence-corrected chi connectivity index (χ1v) is 11.3. The molecule has 1 unspecified atom stereocenters. The zero-order valence-corrected chi connectivity index (χ0v) is 18.5. The molecule has 1 fully saturated rings. The minimum Gasteiger partial charge on any atom is -0.369 e. The lowest BCUT2D eigenvalue weighted by Gasteiger charge is -2.31. The molecule has 1 atom stereocenters. The first-order chi connectivity index (χ1) is 13.5. The van der Waals surface area contributed by atoms with Crippen molar-refractivity contribution in [1.82, 2.24) is 14.5 Å². The third kappa shape index (κ3) is 5.77. The maximum Gasteiger partial charge on any atom is 0.251 e. The maximum atomic E-state index is 12.6. The zero-order chi connectivity index (χ0) is 21.8. The number of likely N-dealkylation sites (tertiary alicyclic amines) is 1. The Labute approximate surface area is 173 Å². The monoisotopic (exact) mass is 424 g/mol. The Morgan fingerprint density at radius 1 is 1.28 bits per heavy atom. The van der Waals surface area contributed by atoms with Crippen molar-refractivity contribution in [2.45, 2.75) is 38.0 Å². The van der Waals surface area contributed by atoms with Gasteiger partial charge in [0.2, 0.25) is 15.9 Å². The predicted octanol–water partition coefficient (Wildman–Crippen LogP) is 0.871. The lowest BCUT2D eigenvalue weighted by Crippen LogP contribution is -2.42. The van der Waals surface area contributed by atoms with Crippen LogP contribution in [0.4, 0.5) is 0 Å². The molecule has 0 aliphatic carbocycles. The summed E-state index contributed by atoms with van der Waals surface area (Å²) in [7, 11) is -0.684. The van der Waals surface area contributed by atoms with Crippen LogP contribution in [0.2, 0.25) is 0 Å². The number of nitrogens with two attached hydrogens (primary N) is 1. The Hall–Kier alpha value is -1.97. The van der Waals surface area contributed by atoms with Crippen molar-refractivity contribution in [1.29, 1.82) is 0 Å². The minimum atomic E-state index is -3.63. The molecule has 0 radical (unpaired) electrons. The van der Waals surface area contributed by atoms with E-state index in [0.29, 0.717) is 24.2 Å². The molecule has 1 aromatic rings. The van der Waals surface area contributed by atoms with Gasteiger partial charge in [0.15, 0.2) is 0 Å². The van der Waals surface area contributed by atoms with Gasteiger partial charge < -0.3 is 16.0 Å². The fourth-order valence-corrected chi connectivity index (χ4v) is 4.74. The molecule has 8 nitrogen and oxygen atoms in total. The number of hydrogen-bond donors (Lipinski definition) is 2. The van der Waals surface area contributed by atoms with E-state index in [2.05, 4.69) is 10.2 Å². The molecule has 29 heavy (non-hydrogen) atoms. The van der Waals surface area contributed by atoms with Gasteiger partial charge in [0.05, 0.1) is 10.8 Å². The van der Waals surface area contributed by atoms with Crippen molar-refractivity contribution in [3.63, 3.8) is 0 Å². The number of carbonyl (C=O) groups is 2. The van der Waals surface area contributed by atoms with Gasteiger partial charge in [0.1, 0.15) is 0 Å². The highest BCUT2D eigenvalue weighted by Gasteiger charge is 2.24. The second-order valence-corrected chi connectivity index (χ2v) is 9.98. The molecule has 0 bridgehead atoms. The fraction of sp³-hybridized carbons (Fsp3) is 0.600. The summed E-state index contributed by atoms with van der Waals surface area (Å²) >= 11 is 0. The number of amides is 2. The number of aryl methyl sites for hydroxylation is 1. The summed E-state index contributed by atoms with van der Waals surface area (Å²) in [6.45, 7) is 6.39. The Kier molecular flexibility index (Phi) is 7.79. The van der Waals surface area contributed by atoms with Crippen LogP contribution >= 0.6 is 0 Å². The molecular weight excluding hydrogens is 392 g/mol. The molecule has 2 rings (SSSR count). The van der Waals surface area contributed by atoms with E-state index in [1.807, 2.05) is 0 Å². The largest absolute Gasteiger partial charge is 0.369 e. The molecule has 1 aromatic carbocycles. The van der Waals surface area contributed by atoms with E-state index >= 15 is 0 Å². The summed E-state index contributed by atoms with van der Waals surface area (Å²) in [5.74, 6) is -0.635. The number of rotatable bonds is 8. The molecule has 1 aliphatic rings. The van der Waals surface area contributed by atoms with Gasteiger partial charge >= 0.3 is 0 Å². The van der Waals surface area contributed by atoms with E-state index in [0.717, 1.165) is 42.2 Å². The second kappa shape index (κ2) is 9.69. The third-order valence-electron chi connectivity index (χ3n) is 5.49. The van der Waals surface area contributed by atoms with Crippen LogP contribution in [0.15, 0.2) is 17.0 Å². The van der Waals surface area contributed by atoms with E-state index in [1.165, 1.54) is 20.2 Å². The Balaban J connectivity index is 1.96. The third-order valence-corrected chi connectivity index (χ3v) is 7.43. The van der Waals surface area contributed by atoms with Gasteiger partial charge in [-0.25, -0.2) is 12.7 Å². The zero-order valence-electron chi connectivity index (χ0n) is 17.7. The number of nitrogens with zero attached hydrogens (tertiary/aromatic N) is 2. The first kappa shape index (κ1) is 23.3. The number of piperidine rings is 1. The fourth-order valence-electron chi connectivity index (χ4n) is 3.52. The normalized spacial score (nSPS) is 18.0. The van der Waals surface area contributed by atoms with Crippen LogP contribution in [-0.2, 0) is 14.8 Å². The number of sulfonamides is 1. The average molecular weight is 425 g/mol. The van der Waals surface area contributed by atoms with Crippen LogP contribution < -0.4 is 11.1 Å². The average Bonchev–Trinajstić information content (AvgIpc) is 2.66. The number of nitrogens with one attached hydrogen (secondary N) is 1. The highest BCUT2D eigenvalue weighted by atomic mass is 32.2. The lowest BCUT2D eigenvalue weighted by molar-refractivity contribution is -0.123. The Bertz CT molecular complexity index is 867. The molecule has 0 saturated carbocycles. The molecule has 162 valence electrons. The van der Waals surface area contributed by atoms with Crippen molar-refractivity contribution in [2.75, 3.05) is 40.3 Å².